The summed E-state index contributed by atoms with van der Waals surface area (Å²) in [5.41, 5.74) is 2.40. The average Bonchev–Trinajstić information content (AvgIpc) is 2.54. The quantitative estimate of drug-likeness (QED) is 0.884. The molecular formula is C17H17N3O. The number of carbonyl (C=O) groups excluding carboxylic acids is 1. The van der Waals surface area contributed by atoms with Gasteiger partial charge in [0.05, 0.1) is 24.2 Å². The third-order valence-electron chi connectivity index (χ3n) is 3.12. The summed E-state index contributed by atoms with van der Waals surface area (Å²) >= 11 is 0. The van der Waals surface area contributed by atoms with Crippen molar-refractivity contribution in [1.82, 2.24) is 5.32 Å². The number of hydrogen-bond acceptors (Lipinski definition) is 3. The van der Waals surface area contributed by atoms with Gasteiger partial charge in [-0.2, -0.15) is 5.26 Å². The predicted molar refractivity (Wildman–Crippen MR) is 82.6 cm³/mol. The van der Waals surface area contributed by atoms with Crippen molar-refractivity contribution in [2.45, 2.75) is 13.0 Å². The first-order valence-corrected chi connectivity index (χ1v) is 6.77. The molecule has 0 fully saturated rings. The second-order valence-electron chi connectivity index (χ2n) is 4.75. The summed E-state index contributed by atoms with van der Waals surface area (Å²) in [6, 6.07) is 18.9. The molecule has 2 rings (SSSR count). The standard InChI is InChI=1S/C17H17N3O/c1-13(15-7-3-2-4-8-15)20-17(21)12-19-16-9-5-6-14(10-16)11-18/h2-10,13,19H,12H2,1H3,(H,20,21)/t13-/m1/s1. The lowest BCUT2D eigenvalue weighted by Crippen LogP contribution is -2.32. The molecule has 0 radical (unpaired) electrons. The van der Waals surface area contributed by atoms with Crippen LogP contribution in [0.1, 0.15) is 24.1 Å². The summed E-state index contributed by atoms with van der Waals surface area (Å²) in [5.74, 6) is -0.0892. The third-order valence-corrected chi connectivity index (χ3v) is 3.12. The van der Waals surface area contributed by atoms with Gasteiger partial charge >= 0.3 is 0 Å². The van der Waals surface area contributed by atoms with Gasteiger partial charge in [-0.1, -0.05) is 36.4 Å². The van der Waals surface area contributed by atoms with Crippen LogP contribution in [-0.2, 0) is 4.79 Å². The maximum Gasteiger partial charge on any atom is 0.239 e. The number of amides is 1. The Labute approximate surface area is 124 Å². The van der Waals surface area contributed by atoms with E-state index >= 15 is 0 Å². The average molecular weight is 279 g/mol. The molecule has 0 aliphatic rings. The van der Waals surface area contributed by atoms with E-state index in [9.17, 15) is 4.79 Å². The Kier molecular flexibility index (Phi) is 4.94. The number of anilines is 1. The minimum atomic E-state index is -0.0892. The molecule has 106 valence electrons. The fourth-order valence-electron chi connectivity index (χ4n) is 2.00. The second kappa shape index (κ2) is 7.11. The first-order chi connectivity index (χ1) is 10.2. The molecule has 0 aliphatic carbocycles. The van der Waals surface area contributed by atoms with E-state index in [0.717, 1.165) is 11.3 Å². The second-order valence-corrected chi connectivity index (χ2v) is 4.75. The van der Waals surface area contributed by atoms with E-state index in [1.165, 1.54) is 0 Å². The molecule has 0 spiro atoms. The molecule has 0 unspecified atom stereocenters. The Morgan fingerprint density at radius 2 is 1.95 bits per heavy atom. The Morgan fingerprint density at radius 3 is 2.67 bits per heavy atom. The molecule has 4 nitrogen and oxygen atoms in total. The molecule has 0 aromatic heterocycles. The predicted octanol–water partition coefficient (Wildman–Crippen LogP) is 2.85. The fourth-order valence-corrected chi connectivity index (χ4v) is 2.00. The fraction of sp³-hybridized carbons (Fsp3) is 0.176. The summed E-state index contributed by atoms with van der Waals surface area (Å²) < 4.78 is 0. The normalized spacial score (nSPS) is 11.2. The van der Waals surface area contributed by atoms with Crippen molar-refractivity contribution < 1.29 is 4.79 Å². The molecule has 2 aromatic carbocycles. The van der Waals surface area contributed by atoms with Crippen molar-refractivity contribution in [3.05, 3.63) is 65.7 Å². The van der Waals surface area contributed by atoms with Crippen LogP contribution < -0.4 is 10.6 Å². The van der Waals surface area contributed by atoms with Gasteiger partial charge in [-0.3, -0.25) is 4.79 Å². The molecule has 2 aromatic rings. The lowest BCUT2D eigenvalue weighted by molar-refractivity contribution is -0.120. The van der Waals surface area contributed by atoms with Crippen LogP contribution in [0.25, 0.3) is 0 Å². The Balaban J connectivity index is 1.86. The van der Waals surface area contributed by atoms with Gasteiger partial charge in [-0.05, 0) is 30.7 Å². The lowest BCUT2D eigenvalue weighted by Gasteiger charge is -2.15. The summed E-state index contributed by atoms with van der Waals surface area (Å²) in [6.07, 6.45) is 0. The number of carbonyl (C=O) groups is 1. The maximum absolute atomic E-state index is 11.9. The molecule has 0 saturated carbocycles. The van der Waals surface area contributed by atoms with Crippen LogP contribution in [0.15, 0.2) is 54.6 Å². The van der Waals surface area contributed by atoms with E-state index in [-0.39, 0.29) is 18.5 Å². The number of nitrogens with one attached hydrogen (secondary N) is 2. The lowest BCUT2D eigenvalue weighted by atomic mass is 10.1. The molecule has 2 N–H and O–H groups in total. The highest BCUT2D eigenvalue weighted by molar-refractivity contribution is 5.81. The van der Waals surface area contributed by atoms with Gasteiger partial charge in [-0.15, -0.1) is 0 Å². The maximum atomic E-state index is 11.9. The zero-order valence-corrected chi connectivity index (χ0v) is 11.8. The minimum Gasteiger partial charge on any atom is -0.376 e. The van der Waals surface area contributed by atoms with E-state index < -0.39 is 0 Å². The number of nitriles is 1. The molecular weight excluding hydrogens is 262 g/mol. The third kappa shape index (κ3) is 4.36. The van der Waals surface area contributed by atoms with E-state index in [2.05, 4.69) is 16.7 Å². The smallest absolute Gasteiger partial charge is 0.239 e. The summed E-state index contributed by atoms with van der Waals surface area (Å²) in [7, 11) is 0. The Morgan fingerprint density at radius 1 is 1.19 bits per heavy atom. The zero-order valence-electron chi connectivity index (χ0n) is 11.8. The van der Waals surface area contributed by atoms with Crippen molar-refractivity contribution in [3.63, 3.8) is 0 Å². The van der Waals surface area contributed by atoms with Crippen LogP contribution in [-0.4, -0.2) is 12.5 Å². The van der Waals surface area contributed by atoms with Crippen molar-refractivity contribution in [3.8, 4) is 6.07 Å². The van der Waals surface area contributed by atoms with Crippen LogP contribution in [0.2, 0.25) is 0 Å². The van der Waals surface area contributed by atoms with Crippen LogP contribution in [0.4, 0.5) is 5.69 Å². The first-order valence-electron chi connectivity index (χ1n) is 6.77. The first kappa shape index (κ1) is 14.6. The Hall–Kier alpha value is -2.80. The van der Waals surface area contributed by atoms with E-state index in [4.69, 9.17) is 5.26 Å². The van der Waals surface area contributed by atoms with Gasteiger partial charge in [0.1, 0.15) is 0 Å². The van der Waals surface area contributed by atoms with Gasteiger partial charge < -0.3 is 10.6 Å². The van der Waals surface area contributed by atoms with Gasteiger partial charge in [0, 0.05) is 5.69 Å². The van der Waals surface area contributed by atoms with Gasteiger partial charge in [0.25, 0.3) is 0 Å². The van der Waals surface area contributed by atoms with Crippen molar-refractivity contribution >= 4 is 11.6 Å². The summed E-state index contributed by atoms with van der Waals surface area (Å²) in [6.45, 7) is 2.12. The topological polar surface area (TPSA) is 64.9 Å². The van der Waals surface area contributed by atoms with Gasteiger partial charge in [-0.25, -0.2) is 0 Å². The van der Waals surface area contributed by atoms with Crippen molar-refractivity contribution in [2.75, 3.05) is 11.9 Å². The van der Waals surface area contributed by atoms with Crippen LogP contribution in [0, 0.1) is 11.3 Å². The molecule has 0 saturated heterocycles. The summed E-state index contributed by atoms with van der Waals surface area (Å²) in [5, 5.41) is 14.8. The van der Waals surface area contributed by atoms with E-state index in [0.29, 0.717) is 5.56 Å². The highest BCUT2D eigenvalue weighted by atomic mass is 16.1. The molecule has 0 aliphatic heterocycles. The Bertz CT molecular complexity index is 647. The zero-order chi connectivity index (χ0) is 15.1. The van der Waals surface area contributed by atoms with Gasteiger partial charge in [0.15, 0.2) is 0 Å². The molecule has 1 amide bonds. The minimum absolute atomic E-state index is 0.0362. The number of benzene rings is 2. The molecule has 21 heavy (non-hydrogen) atoms. The molecule has 0 bridgehead atoms. The van der Waals surface area contributed by atoms with Crippen LogP contribution in [0.5, 0.6) is 0 Å². The molecule has 1 atom stereocenters. The van der Waals surface area contributed by atoms with Crippen LogP contribution >= 0.6 is 0 Å². The number of rotatable bonds is 5. The van der Waals surface area contributed by atoms with Crippen LogP contribution in [0.3, 0.4) is 0 Å². The number of hydrogen-bond donors (Lipinski definition) is 2. The summed E-state index contributed by atoms with van der Waals surface area (Å²) in [4.78, 5) is 11.9. The highest BCUT2D eigenvalue weighted by Gasteiger charge is 2.08. The largest absolute Gasteiger partial charge is 0.376 e. The number of nitrogens with zero attached hydrogens (tertiary/aromatic N) is 1. The van der Waals surface area contributed by atoms with E-state index in [1.807, 2.05) is 43.3 Å². The van der Waals surface area contributed by atoms with Crippen molar-refractivity contribution in [2.24, 2.45) is 0 Å². The monoisotopic (exact) mass is 279 g/mol. The van der Waals surface area contributed by atoms with E-state index in [1.54, 1.807) is 18.2 Å². The SMILES string of the molecule is C[C@@H](NC(=O)CNc1cccc(C#N)c1)c1ccccc1. The molecule has 0 heterocycles. The highest BCUT2D eigenvalue weighted by Crippen LogP contribution is 2.11. The van der Waals surface area contributed by atoms with Crippen molar-refractivity contribution in [1.29, 1.82) is 5.26 Å². The van der Waals surface area contributed by atoms with Gasteiger partial charge in [0.2, 0.25) is 5.91 Å². The molecule has 4 heteroatoms.